The number of carboxylic acid groups (broad SMARTS) is 1. The Morgan fingerprint density at radius 1 is 1.52 bits per heavy atom. The van der Waals surface area contributed by atoms with Gasteiger partial charge in [-0.05, 0) is 31.6 Å². The molecule has 1 atom stereocenters. The number of aromatic nitrogens is 1. The van der Waals surface area contributed by atoms with Crippen LogP contribution in [0, 0.1) is 17.2 Å². The summed E-state index contributed by atoms with van der Waals surface area (Å²) >= 11 is 0. The summed E-state index contributed by atoms with van der Waals surface area (Å²) in [5.41, 5.74) is 0.872. The van der Waals surface area contributed by atoms with Crippen LogP contribution in [0.25, 0.3) is 6.08 Å². The zero-order valence-electron chi connectivity index (χ0n) is 12.0. The molecule has 0 saturated carbocycles. The van der Waals surface area contributed by atoms with Gasteiger partial charge < -0.3 is 10.0 Å². The molecule has 6 nitrogen and oxygen atoms in total. The number of nitriles is 1. The minimum atomic E-state index is -1.04. The highest BCUT2D eigenvalue weighted by Crippen LogP contribution is 2.08. The lowest BCUT2D eigenvalue weighted by atomic mass is 10.1. The third-order valence-electron chi connectivity index (χ3n) is 2.81. The molecule has 1 N–H and O–H groups in total. The molecule has 0 aromatic carbocycles. The lowest BCUT2D eigenvalue weighted by molar-refractivity contribution is -0.131. The van der Waals surface area contributed by atoms with Crippen LogP contribution in [0.1, 0.15) is 29.9 Å². The van der Waals surface area contributed by atoms with Crippen LogP contribution < -0.4 is 0 Å². The van der Waals surface area contributed by atoms with Crippen molar-refractivity contribution in [3.05, 3.63) is 35.7 Å². The highest BCUT2D eigenvalue weighted by atomic mass is 16.4. The van der Waals surface area contributed by atoms with Crippen molar-refractivity contribution in [3.8, 4) is 6.07 Å². The number of rotatable bonds is 6. The van der Waals surface area contributed by atoms with Gasteiger partial charge in [-0.15, -0.1) is 0 Å². The second-order valence-electron chi connectivity index (χ2n) is 4.52. The van der Waals surface area contributed by atoms with Gasteiger partial charge in [-0.3, -0.25) is 9.78 Å². The molecule has 0 bridgehead atoms. The molecule has 6 heteroatoms. The Hall–Kier alpha value is -2.68. The number of carbonyl (C=O) groups is 2. The fraction of sp³-hybridized carbons (Fsp3) is 0.333. The average Bonchev–Trinajstić information content (AvgIpc) is 2.50. The predicted molar refractivity (Wildman–Crippen MR) is 77.3 cm³/mol. The number of pyridine rings is 1. The van der Waals surface area contributed by atoms with Crippen LogP contribution in [-0.4, -0.2) is 40.0 Å². The number of amides is 1. The number of aliphatic carboxylic acids is 1. The fourth-order valence-electron chi connectivity index (χ4n) is 1.69. The molecule has 0 aliphatic carbocycles. The van der Waals surface area contributed by atoms with Crippen LogP contribution in [0.3, 0.4) is 0 Å². The van der Waals surface area contributed by atoms with Crippen molar-refractivity contribution in [1.82, 2.24) is 9.88 Å². The number of hydrogen-bond donors (Lipinski definition) is 1. The van der Waals surface area contributed by atoms with Crippen LogP contribution in [0.4, 0.5) is 0 Å². The van der Waals surface area contributed by atoms with Crippen molar-refractivity contribution in [1.29, 1.82) is 5.26 Å². The Kier molecular flexibility index (Phi) is 6.08. The van der Waals surface area contributed by atoms with E-state index >= 15 is 0 Å². The van der Waals surface area contributed by atoms with Crippen molar-refractivity contribution in [2.24, 2.45) is 5.92 Å². The largest absolute Gasteiger partial charge is 0.478 e. The average molecular weight is 287 g/mol. The van der Waals surface area contributed by atoms with Crippen LogP contribution in [-0.2, 0) is 4.79 Å². The third kappa shape index (κ3) is 5.07. The fourth-order valence-corrected chi connectivity index (χ4v) is 1.69. The molecule has 1 aromatic rings. The normalized spacial score (nSPS) is 11.9. The van der Waals surface area contributed by atoms with E-state index in [2.05, 4.69) is 11.1 Å². The minimum Gasteiger partial charge on any atom is -0.478 e. The first kappa shape index (κ1) is 16.4. The standard InChI is InChI=1S/C15H17N3O3/c1-3-18(10-11(2)8-16)15(21)13-6-4-12(9-17-13)5-7-14(19)20/h4-7,9,11H,3,10H2,1-2H3,(H,19,20). The second kappa shape index (κ2) is 7.80. The van der Waals surface area contributed by atoms with Crippen LogP contribution in [0.2, 0.25) is 0 Å². The monoisotopic (exact) mass is 287 g/mol. The highest BCUT2D eigenvalue weighted by Gasteiger charge is 2.17. The molecule has 1 rings (SSSR count). The van der Waals surface area contributed by atoms with Gasteiger partial charge in [-0.1, -0.05) is 6.07 Å². The van der Waals surface area contributed by atoms with Crippen molar-refractivity contribution >= 4 is 18.0 Å². The van der Waals surface area contributed by atoms with Gasteiger partial charge in [0, 0.05) is 25.4 Å². The Balaban J connectivity index is 2.82. The van der Waals surface area contributed by atoms with Crippen molar-refractivity contribution in [3.63, 3.8) is 0 Å². The first-order valence-electron chi connectivity index (χ1n) is 6.53. The van der Waals surface area contributed by atoms with E-state index in [9.17, 15) is 9.59 Å². The first-order valence-corrected chi connectivity index (χ1v) is 6.53. The van der Waals surface area contributed by atoms with E-state index in [4.69, 9.17) is 10.4 Å². The Labute approximate surface area is 123 Å². The molecule has 21 heavy (non-hydrogen) atoms. The van der Waals surface area contributed by atoms with E-state index in [0.29, 0.717) is 18.7 Å². The molecule has 1 aromatic heterocycles. The van der Waals surface area contributed by atoms with Gasteiger partial charge >= 0.3 is 5.97 Å². The van der Waals surface area contributed by atoms with Crippen molar-refractivity contribution < 1.29 is 14.7 Å². The van der Waals surface area contributed by atoms with E-state index in [1.165, 1.54) is 12.3 Å². The van der Waals surface area contributed by atoms with Gasteiger partial charge in [0.05, 0.1) is 12.0 Å². The van der Waals surface area contributed by atoms with Gasteiger partial charge in [-0.25, -0.2) is 4.79 Å². The Morgan fingerprint density at radius 3 is 2.71 bits per heavy atom. The van der Waals surface area contributed by atoms with Crippen LogP contribution in [0.15, 0.2) is 24.4 Å². The molecular weight excluding hydrogens is 270 g/mol. The second-order valence-corrected chi connectivity index (χ2v) is 4.52. The van der Waals surface area contributed by atoms with Crippen molar-refractivity contribution in [2.45, 2.75) is 13.8 Å². The van der Waals surface area contributed by atoms with Crippen LogP contribution in [0.5, 0.6) is 0 Å². The maximum atomic E-state index is 12.2. The summed E-state index contributed by atoms with van der Waals surface area (Å²) in [5, 5.41) is 17.3. The number of carbonyl (C=O) groups excluding carboxylic acids is 1. The predicted octanol–water partition coefficient (Wildman–Crippen LogP) is 1.80. The molecule has 0 spiro atoms. The quantitative estimate of drug-likeness (QED) is 0.805. The van der Waals surface area contributed by atoms with Gasteiger partial charge in [-0.2, -0.15) is 5.26 Å². The Morgan fingerprint density at radius 2 is 2.24 bits per heavy atom. The van der Waals surface area contributed by atoms with E-state index in [1.54, 1.807) is 24.0 Å². The first-order chi connectivity index (χ1) is 9.97. The molecular formula is C15H17N3O3. The van der Waals surface area contributed by atoms with Gasteiger partial charge in [0.25, 0.3) is 5.91 Å². The maximum Gasteiger partial charge on any atom is 0.328 e. The lowest BCUT2D eigenvalue weighted by Crippen LogP contribution is -2.34. The molecule has 0 radical (unpaired) electrons. The van der Waals surface area contributed by atoms with E-state index in [1.807, 2.05) is 6.92 Å². The van der Waals surface area contributed by atoms with Gasteiger partial charge in [0.15, 0.2) is 0 Å². The molecule has 0 aliphatic rings. The molecule has 110 valence electrons. The minimum absolute atomic E-state index is 0.242. The summed E-state index contributed by atoms with van der Waals surface area (Å²) < 4.78 is 0. The van der Waals surface area contributed by atoms with E-state index in [-0.39, 0.29) is 17.5 Å². The zero-order chi connectivity index (χ0) is 15.8. The number of nitrogens with zero attached hydrogens (tertiary/aromatic N) is 3. The summed E-state index contributed by atoms with van der Waals surface area (Å²) in [6.07, 6.45) is 3.85. The lowest BCUT2D eigenvalue weighted by Gasteiger charge is -2.21. The van der Waals surface area contributed by atoms with Crippen molar-refractivity contribution in [2.75, 3.05) is 13.1 Å². The highest BCUT2D eigenvalue weighted by molar-refractivity contribution is 5.92. The zero-order valence-corrected chi connectivity index (χ0v) is 12.0. The molecule has 1 unspecified atom stereocenters. The smallest absolute Gasteiger partial charge is 0.328 e. The van der Waals surface area contributed by atoms with E-state index in [0.717, 1.165) is 6.08 Å². The third-order valence-corrected chi connectivity index (χ3v) is 2.81. The maximum absolute atomic E-state index is 12.2. The number of hydrogen-bond acceptors (Lipinski definition) is 4. The van der Waals surface area contributed by atoms with Gasteiger partial charge in [0.1, 0.15) is 5.69 Å². The summed E-state index contributed by atoms with van der Waals surface area (Å²) in [6, 6.07) is 5.26. The summed E-state index contributed by atoms with van der Waals surface area (Å²) in [6.45, 7) is 4.44. The summed E-state index contributed by atoms with van der Waals surface area (Å²) in [5.74, 6) is -1.53. The SMILES string of the molecule is CCN(CC(C)C#N)C(=O)c1ccc(C=CC(=O)O)cn1. The molecule has 0 saturated heterocycles. The molecule has 1 amide bonds. The van der Waals surface area contributed by atoms with Crippen LogP contribution >= 0.6 is 0 Å². The summed E-state index contributed by atoms with van der Waals surface area (Å²) in [4.78, 5) is 28.3. The summed E-state index contributed by atoms with van der Waals surface area (Å²) in [7, 11) is 0. The van der Waals surface area contributed by atoms with Gasteiger partial charge in [0.2, 0.25) is 0 Å². The molecule has 1 heterocycles. The number of carboxylic acids is 1. The molecule has 0 aliphatic heterocycles. The van der Waals surface area contributed by atoms with E-state index < -0.39 is 5.97 Å². The Bertz CT molecular complexity index is 573. The molecule has 0 fully saturated rings. The topological polar surface area (TPSA) is 94.3 Å².